The zero-order valence-corrected chi connectivity index (χ0v) is 16.3. The molecule has 0 fully saturated rings. The Morgan fingerprint density at radius 3 is 1.93 bits per heavy atom. The maximum atomic E-state index is 2.46. The summed E-state index contributed by atoms with van der Waals surface area (Å²) in [6.07, 6.45) is 6.98. The first-order chi connectivity index (χ1) is 13.7. The van der Waals surface area contributed by atoms with E-state index in [2.05, 4.69) is 122 Å². The Balaban J connectivity index is 1.83. The highest BCUT2D eigenvalue weighted by molar-refractivity contribution is 5.94. The lowest BCUT2D eigenvalue weighted by Crippen LogP contribution is -2.46. The molecule has 3 aromatic carbocycles. The second-order valence-electron chi connectivity index (χ2n) is 7.69. The van der Waals surface area contributed by atoms with Gasteiger partial charge in [0.15, 0.2) is 0 Å². The number of fused-ring (bicyclic) bond motifs is 2. The van der Waals surface area contributed by atoms with Crippen molar-refractivity contribution in [2.24, 2.45) is 0 Å². The third-order valence-electron chi connectivity index (χ3n) is 5.88. The maximum Gasteiger partial charge on any atom is 0.0872 e. The van der Waals surface area contributed by atoms with Crippen LogP contribution < -0.4 is 15.3 Å². The molecule has 1 atom stereocenters. The van der Waals surface area contributed by atoms with Crippen LogP contribution in [-0.2, 0) is 0 Å². The van der Waals surface area contributed by atoms with Crippen LogP contribution in [0, 0.1) is 0 Å². The van der Waals surface area contributed by atoms with Crippen molar-refractivity contribution in [3.63, 3.8) is 0 Å². The number of anilines is 2. The molecule has 1 unspecified atom stereocenters. The van der Waals surface area contributed by atoms with Gasteiger partial charge in [-0.05, 0) is 71.3 Å². The van der Waals surface area contributed by atoms with Crippen molar-refractivity contribution in [2.45, 2.75) is 19.4 Å². The van der Waals surface area contributed by atoms with E-state index in [4.69, 9.17) is 0 Å². The number of nitrogens with zero attached hydrogens (tertiary/aromatic N) is 1. The number of benzene rings is 3. The predicted octanol–water partition coefficient (Wildman–Crippen LogP) is 5.11. The fourth-order valence-electron chi connectivity index (χ4n) is 4.57. The lowest BCUT2D eigenvalue weighted by molar-refractivity contribution is 0.712. The molecule has 1 nitrogen and oxygen atoms in total. The normalized spacial score (nSPS) is 19.9. The smallest absolute Gasteiger partial charge is 0.0872 e. The van der Waals surface area contributed by atoms with Gasteiger partial charge in [0.25, 0.3) is 0 Å². The van der Waals surface area contributed by atoms with Gasteiger partial charge >= 0.3 is 0 Å². The zero-order chi connectivity index (χ0) is 19.1. The fourth-order valence-corrected chi connectivity index (χ4v) is 4.57. The highest BCUT2D eigenvalue weighted by Gasteiger charge is 2.39. The summed E-state index contributed by atoms with van der Waals surface area (Å²) in [6.45, 7) is 4.55. The standard InChI is InChI=1S/C27H23N/c1-20-17-18-27(2,26-24-16-10-9-11-21(24)19-25(20)26)28(22-12-5-3-6-13-22)23-14-7-4-8-15-23/h3-19H,1-2H3. The first kappa shape index (κ1) is 16.8. The Hall–Kier alpha value is -3.32. The molecule has 2 aliphatic rings. The minimum atomic E-state index is -0.291. The summed E-state index contributed by atoms with van der Waals surface area (Å²) in [6, 6.07) is 30.1. The molecule has 1 heteroatoms. The van der Waals surface area contributed by atoms with Crippen molar-refractivity contribution < 1.29 is 0 Å². The van der Waals surface area contributed by atoms with Gasteiger partial charge in [-0.25, -0.2) is 0 Å². The van der Waals surface area contributed by atoms with Crippen LogP contribution in [-0.4, -0.2) is 5.54 Å². The summed E-state index contributed by atoms with van der Waals surface area (Å²) in [4.78, 5) is 2.46. The third-order valence-corrected chi connectivity index (χ3v) is 5.88. The lowest BCUT2D eigenvalue weighted by atomic mass is 9.78. The summed E-state index contributed by atoms with van der Waals surface area (Å²) < 4.78 is 0. The van der Waals surface area contributed by atoms with Gasteiger partial charge in [-0.3, -0.25) is 0 Å². The van der Waals surface area contributed by atoms with Crippen molar-refractivity contribution >= 4 is 23.0 Å². The summed E-state index contributed by atoms with van der Waals surface area (Å²) in [5.74, 6) is 0. The highest BCUT2D eigenvalue weighted by Crippen LogP contribution is 2.45. The second-order valence-corrected chi connectivity index (χ2v) is 7.69. The van der Waals surface area contributed by atoms with Gasteiger partial charge in [0.05, 0.1) is 5.54 Å². The molecule has 0 saturated heterocycles. The molecule has 3 aromatic rings. The van der Waals surface area contributed by atoms with E-state index < -0.39 is 0 Å². The maximum absolute atomic E-state index is 2.46. The van der Waals surface area contributed by atoms with Crippen molar-refractivity contribution in [1.29, 1.82) is 0 Å². The molecule has 0 N–H and O–H groups in total. The van der Waals surface area contributed by atoms with Crippen LogP contribution >= 0.6 is 0 Å². The largest absolute Gasteiger partial charge is 0.328 e. The predicted molar refractivity (Wildman–Crippen MR) is 119 cm³/mol. The van der Waals surface area contributed by atoms with Gasteiger partial charge in [-0.1, -0.05) is 72.8 Å². The molecule has 2 aliphatic carbocycles. The average molecular weight is 361 g/mol. The Morgan fingerprint density at radius 2 is 1.29 bits per heavy atom. The molecule has 0 spiro atoms. The molecule has 0 radical (unpaired) electrons. The Kier molecular flexibility index (Phi) is 3.84. The minimum absolute atomic E-state index is 0.291. The Morgan fingerprint density at radius 1 is 0.714 bits per heavy atom. The van der Waals surface area contributed by atoms with E-state index in [0.29, 0.717) is 0 Å². The first-order valence-electron chi connectivity index (χ1n) is 9.81. The molecule has 0 aliphatic heterocycles. The van der Waals surface area contributed by atoms with Crippen LogP contribution in [0.4, 0.5) is 11.4 Å². The van der Waals surface area contributed by atoms with Crippen LogP contribution in [0.25, 0.3) is 11.6 Å². The van der Waals surface area contributed by atoms with Crippen LogP contribution in [0.3, 0.4) is 0 Å². The molecule has 5 rings (SSSR count). The molecule has 0 heterocycles. The van der Waals surface area contributed by atoms with Crippen molar-refractivity contribution in [1.82, 2.24) is 0 Å². The van der Waals surface area contributed by atoms with E-state index in [9.17, 15) is 0 Å². The van der Waals surface area contributed by atoms with Crippen LogP contribution in [0.1, 0.15) is 13.8 Å². The van der Waals surface area contributed by atoms with Gasteiger partial charge in [-0.2, -0.15) is 0 Å². The molecule has 0 amide bonds. The van der Waals surface area contributed by atoms with Crippen molar-refractivity contribution in [3.05, 3.63) is 119 Å². The monoisotopic (exact) mass is 361 g/mol. The zero-order valence-electron chi connectivity index (χ0n) is 16.3. The van der Waals surface area contributed by atoms with Crippen molar-refractivity contribution in [3.8, 4) is 0 Å². The molecule has 28 heavy (non-hydrogen) atoms. The number of para-hydroxylation sites is 2. The minimum Gasteiger partial charge on any atom is -0.328 e. The van der Waals surface area contributed by atoms with Crippen molar-refractivity contribution in [2.75, 3.05) is 4.90 Å². The number of hydrogen-bond acceptors (Lipinski definition) is 1. The quantitative estimate of drug-likeness (QED) is 0.626. The Bertz CT molecular complexity index is 1180. The molecule has 0 saturated carbocycles. The third kappa shape index (κ3) is 2.47. The van der Waals surface area contributed by atoms with E-state index in [0.717, 1.165) is 0 Å². The van der Waals surface area contributed by atoms with Gasteiger partial charge in [0.2, 0.25) is 0 Å². The van der Waals surface area contributed by atoms with Gasteiger partial charge < -0.3 is 4.90 Å². The van der Waals surface area contributed by atoms with Gasteiger partial charge in [0, 0.05) is 11.4 Å². The molecule has 0 bridgehead atoms. The Labute approximate surface area is 166 Å². The lowest BCUT2D eigenvalue weighted by Gasteiger charge is -2.44. The SMILES string of the molecule is CC1=C2C=c3ccccc3=C2C(C)(N(c2ccccc2)c2ccccc2)C=C1. The number of hydrogen-bond donors (Lipinski definition) is 0. The van der Waals surface area contributed by atoms with Crippen LogP contribution in [0.5, 0.6) is 0 Å². The molecular formula is C27H23N. The summed E-state index contributed by atoms with van der Waals surface area (Å²) in [7, 11) is 0. The van der Waals surface area contributed by atoms with E-state index >= 15 is 0 Å². The van der Waals surface area contributed by atoms with E-state index in [1.165, 1.54) is 38.5 Å². The highest BCUT2D eigenvalue weighted by atomic mass is 15.2. The second kappa shape index (κ2) is 6.38. The summed E-state index contributed by atoms with van der Waals surface area (Å²) >= 11 is 0. The van der Waals surface area contributed by atoms with E-state index in [1.54, 1.807) is 0 Å². The van der Waals surface area contributed by atoms with Crippen LogP contribution in [0.15, 0.2) is 108 Å². The summed E-state index contributed by atoms with van der Waals surface area (Å²) in [5, 5.41) is 2.64. The average Bonchev–Trinajstić information content (AvgIpc) is 3.14. The number of rotatable bonds is 3. The molecule has 0 aromatic heterocycles. The van der Waals surface area contributed by atoms with Gasteiger partial charge in [0.1, 0.15) is 0 Å². The number of allylic oxidation sites excluding steroid dienone is 2. The molecule has 136 valence electrons. The van der Waals surface area contributed by atoms with Crippen LogP contribution in [0.2, 0.25) is 0 Å². The fraction of sp³-hybridized carbons (Fsp3) is 0.111. The molecular weight excluding hydrogens is 338 g/mol. The van der Waals surface area contributed by atoms with Gasteiger partial charge in [-0.15, -0.1) is 0 Å². The van der Waals surface area contributed by atoms with E-state index in [-0.39, 0.29) is 5.54 Å². The summed E-state index contributed by atoms with van der Waals surface area (Å²) in [5.41, 5.74) is 6.15. The van der Waals surface area contributed by atoms with E-state index in [1.807, 2.05) is 0 Å². The topological polar surface area (TPSA) is 3.24 Å². The first-order valence-corrected chi connectivity index (χ1v) is 9.81.